The maximum absolute atomic E-state index is 13.0. The van der Waals surface area contributed by atoms with E-state index >= 15 is 0 Å². The zero-order valence-electron chi connectivity index (χ0n) is 20.3. The number of hydrazine groups is 1. The van der Waals surface area contributed by atoms with Gasteiger partial charge in [0.1, 0.15) is 11.5 Å². The Hall–Kier alpha value is -3.64. The summed E-state index contributed by atoms with van der Waals surface area (Å²) in [6, 6.07) is 5.15. The molecule has 12 heteroatoms. The lowest BCUT2D eigenvalue weighted by molar-refractivity contribution is -0.137. The van der Waals surface area contributed by atoms with Gasteiger partial charge in [-0.05, 0) is 49.3 Å². The van der Waals surface area contributed by atoms with Gasteiger partial charge in [-0.15, -0.1) is 11.3 Å². The average molecular weight is 522 g/mol. The van der Waals surface area contributed by atoms with Gasteiger partial charge in [0.15, 0.2) is 6.04 Å². The SMILES string of the molecule is Cn1c(=O)c(Cc2ncc(C(=N)N)s2)nc2cc(C3(NN4C(=O)OC(=O)C4C4CCCC4)CC3)ccc21. The summed E-state index contributed by atoms with van der Waals surface area (Å²) in [7, 11) is 1.71. The molecule has 1 amide bonds. The van der Waals surface area contributed by atoms with Crippen molar-refractivity contribution < 1.29 is 14.3 Å². The predicted molar refractivity (Wildman–Crippen MR) is 136 cm³/mol. The number of nitrogen functional groups attached to an aromatic ring is 1. The van der Waals surface area contributed by atoms with Crippen LogP contribution in [0.2, 0.25) is 0 Å². The van der Waals surface area contributed by atoms with E-state index in [2.05, 4.69) is 15.4 Å². The van der Waals surface area contributed by atoms with Crippen molar-refractivity contribution in [2.45, 2.75) is 56.5 Å². The summed E-state index contributed by atoms with van der Waals surface area (Å²) >= 11 is 1.27. The Labute approximate surface area is 216 Å². The number of esters is 1. The van der Waals surface area contributed by atoms with Crippen molar-refractivity contribution >= 4 is 40.3 Å². The molecule has 192 valence electrons. The minimum absolute atomic E-state index is 0.0613. The first-order valence-electron chi connectivity index (χ1n) is 12.4. The molecule has 37 heavy (non-hydrogen) atoms. The number of fused-ring (bicyclic) bond motifs is 1. The predicted octanol–water partition coefficient (Wildman–Crippen LogP) is 2.30. The first-order valence-corrected chi connectivity index (χ1v) is 13.2. The number of thiazole rings is 1. The number of carbonyl (C=O) groups excluding carboxylic acids is 2. The summed E-state index contributed by atoms with van der Waals surface area (Å²) in [5.74, 6) is -0.434. The molecule has 6 rings (SSSR count). The molecule has 0 bridgehead atoms. The first-order chi connectivity index (χ1) is 17.8. The number of amides is 1. The number of aromatic nitrogens is 3. The van der Waals surface area contributed by atoms with Crippen LogP contribution in [0.1, 0.15) is 59.7 Å². The van der Waals surface area contributed by atoms with Crippen molar-refractivity contribution in [2.24, 2.45) is 18.7 Å². The Morgan fingerprint density at radius 1 is 1.27 bits per heavy atom. The van der Waals surface area contributed by atoms with E-state index in [0.717, 1.165) is 44.1 Å². The molecule has 1 saturated heterocycles. The number of nitrogens with zero attached hydrogens (tertiary/aromatic N) is 4. The van der Waals surface area contributed by atoms with Gasteiger partial charge in [-0.1, -0.05) is 18.9 Å². The number of hydrogen-bond donors (Lipinski definition) is 3. The minimum Gasteiger partial charge on any atom is -0.383 e. The number of ether oxygens (including phenoxy) is 1. The van der Waals surface area contributed by atoms with Crippen molar-refractivity contribution in [3.8, 4) is 0 Å². The molecule has 4 N–H and O–H groups in total. The number of benzene rings is 1. The Kier molecular flexibility index (Phi) is 5.60. The van der Waals surface area contributed by atoms with Gasteiger partial charge in [-0.2, -0.15) is 0 Å². The van der Waals surface area contributed by atoms with Crippen LogP contribution < -0.4 is 16.7 Å². The van der Waals surface area contributed by atoms with Crippen molar-refractivity contribution in [1.82, 2.24) is 25.0 Å². The van der Waals surface area contributed by atoms with Crippen molar-refractivity contribution in [2.75, 3.05) is 0 Å². The highest BCUT2D eigenvalue weighted by Gasteiger charge is 2.53. The second-order valence-electron chi connectivity index (χ2n) is 10.1. The summed E-state index contributed by atoms with van der Waals surface area (Å²) in [5, 5.41) is 9.64. The number of nitrogens with one attached hydrogen (secondary N) is 2. The van der Waals surface area contributed by atoms with Crippen LogP contribution in [0.3, 0.4) is 0 Å². The molecule has 1 aromatic carbocycles. The summed E-state index contributed by atoms with van der Waals surface area (Å²) in [6.45, 7) is 0. The Morgan fingerprint density at radius 3 is 2.70 bits per heavy atom. The molecule has 3 aliphatic rings. The standard InChI is InChI=1S/C25H27N7O4S/c1-31-17-7-6-14(10-15(17)29-16(22(31)33)11-19-28-12-18(37-19)21(26)27)25(8-9-25)30-32-20(13-4-2-3-5-13)23(34)36-24(32)35/h6-7,10,12-13,20,30H,2-5,8-9,11H2,1H3,(H3,26,27). The number of carbonyl (C=O) groups is 2. The smallest absolute Gasteiger partial charge is 0.383 e. The maximum Gasteiger partial charge on any atom is 0.432 e. The summed E-state index contributed by atoms with van der Waals surface area (Å²) in [4.78, 5) is 47.6. The fourth-order valence-corrected chi connectivity index (χ4v) is 6.28. The molecule has 1 aliphatic heterocycles. The average Bonchev–Trinajstić information content (AvgIpc) is 3.18. The quantitative estimate of drug-likeness (QED) is 0.185. The van der Waals surface area contributed by atoms with E-state index in [9.17, 15) is 14.4 Å². The van der Waals surface area contributed by atoms with Crippen LogP contribution in [0, 0.1) is 11.3 Å². The highest BCUT2D eigenvalue weighted by Crippen LogP contribution is 2.47. The lowest BCUT2D eigenvalue weighted by atomic mass is 9.98. The van der Waals surface area contributed by atoms with Gasteiger partial charge in [0.25, 0.3) is 5.56 Å². The summed E-state index contributed by atoms with van der Waals surface area (Å²) in [5.41, 5.74) is 10.8. The van der Waals surface area contributed by atoms with Gasteiger partial charge < -0.3 is 15.0 Å². The number of aryl methyl sites for hydroxylation is 1. The fourth-order valence-electron chi connectivity index (χ4n) is 5.49. The topological polar surface area (TPSA) is 156 Å². The van der Waals surface area contributed by atoms with Gasteiger partial charge in [-0.25, -0.2) is 30.0 Å². The van der Waals surface area contributed by atoms with Crippen LogP contribution in [-0.4, -0.2) is 43.5 Å². The second-order valence-corrected chi connectivity index (χ2v) is 11.2. The van der Waals surface area contributed by atoms with Gasteiger partial charge in [0, 0.05) is 19.7 Å². The van der Waals surface area contributed by atoms with E-state index in [-0.39, 0.29) is 23.7 Å². The third kappa shape index (κ3) is 4.09. The Morgan fingerprint density at radius 2 is 2.03 bits per heavy atom. The highest BCUT2D eigenvalue weighted by molar-refractivity contribution is 7.13. The van der Waals surface area contributed by atoms with Crippen LogP contribution in [0.15, 0.2) is 29.2 Å². The normalized spacial score (nSPS) is 21.1. The van der Waals surface area contributed by atoms with E-state index < -0.39 is 23.6 Å². The monoisotopic (exact) mass is 521 g/mol. The molecule has 2 aromatic heterocycles. The van der Waals surface area contributed by atoms with Crippen molar-refractivity contribution in [1.29, 1.82) is 5.41 Å². The molecule has 0 spiro atoms. The van der Waals surface area contributed by atoms with Gasteiger partial charge in [-0.3, -0.25) is 10.2 Å². The van der Waals surface area contributed by atoms with Crippen LogP contribution in [0.4, 0.5) is 4.79 Å². The third-order valence-corrected chi connectivity index (χ3v) is 8.70. The molecular weight excluding hydrogens is 494 g/mol. The van der Waals surface area contributed by atoms with Crippen LogP contribution in [0.5, 0.6) is 0 Å². The molecule has 3 aromatic rings. The summed E-state index contributed by atoms with van der Waals surface area (Å²) in [6.07, 6.45) is 6.61. The molecule has 3 heterocycles. The van der Waals surface area contributed by atoms with Gasteiger partial charge >= 0.3 is 12.1 Å². The van der Waals surface area contributed by atoms with Crippen molar-refractivity contribution in [3.63, 3.8) is 0 Å². The van der Waals surface area contributed by atoms with Crippen LogP contribution in [0.25, 0.3) is 11.0 Å². The van der Waals surface area contributed by atoms with Crippen molar-refractivity contribution in [3.05, 3.63) is 55.9 Å². The van der Waals surface area contributed by atoms with E-state index in [1.807, 2.05) is 18.2 Å². The lowest BCUT2D eigenvalue weighted by Gasteiger charge is -2.30. The lowest BCUT2D eigenvalue weighted by Crippen LogP contribution is -2.52. The molecular formula is C25H27N7O4S. The molecule has 2 saturated carbocycles. The number of cyclic esters (lactones) is 2. The van der Waals surface area contributed by atoms with E-state index in [0.29, 0.717) is 26.6 Å². The van der Waals surface area contributed by atoms with Crippen LogP contribution >= 0.6 is 11.3 Å². The minimum atomic E-state index is -0.648. The van der Waals surface area contributed by atoms with E-state index in [1.165, 1.54) is 22.5 Å². The molecule has 2 aliphatic carbocycles. The molecule has 3 fully saturated rings. The molecule has 0 radical (unpaired) electrons. The highest BCUT2D eigenvalue weighted by atomic mass is 32.1. The van der Waals surface area contributed by atoms with Gasteiger partial charge in [0.2, 0.25) is 0 Å². The van der Waals surface area contributed by atoms with E-state index in [4.69, 9.17) is 15.9 Å². The number of hydrogen-bond acceptors (Lipinski definition) is 9. The second kappa shape index (κ2) is 8.73. The van der Waals surface area contributed by atoms with Gasteiger partial charge in [0.05, 0.1) is 26.5 Å². The molecule has 11 nitrogen and oxygen atoms in total. The third-order valence-electron chi connectivity index (χ3n) is 7.67. The largest absolute Gasteiger partial charge is 0.432 e. The number of rotatable bonds is 7. The number of amidine groups is 1. The number of nitrogens with two attached hydrogens (primary N) is 1. The molecule has 1 atom stereocenters. The molecule has 1 unspecified atom stereocenters. The zero-order chi connectivity index (χ0) is 25.9. The van der Waals surface area contributed by atoms with E-state index in [1.54, 1.807) is 11.6 Å². The summed E-state index contributed by atoms with van der Waals surface area (Å²) < 4.78 is 6.58. The maximum atomic E-state index is 13.0. The van der Waals surface area contributed by atoms with Crippen LogP contribution in [-0.2, 0) is 28.5 Å². The Balaban J connectivity index is 1.31. The first kappa shape index (κ1) is 23.7. The fraction of sp³-hybridized carbons (Fsp3) is 0.440. The zero-order valence-corrected chi connectivity index (χ0v) is 21.1. The Bertz CT molecular complexity index is 1500.